The molecule has 0 aromatic heterocycles. The number of thiocarbonyl (C=S) groups is 2. The van der Waals surface area contributed by atoms with Gasteiger partial charge in [0.15, 0.2) is 0 Å². The summed E-state index contributed by atoms with van der Waals surface area (Å²) in [5.74, 6) is -1.12. The molecule has 2 amide bonds. The van der Waals surface area contributed by atoms with E-state index >= 15 is 0 Å². The number of aryl methyl sites for hydroxylation is 1. The van der Waals surface area contributed by atoms with E-state index in [4.69, 9.17) is 59.2 Å². The topological polar surface area (TPSA) is 64.7 Å². The molecule has 0 bridgehead atoms. The van der Waals surface area contributed by atoms with Crippen molar-refractivity contribution < 1.29 is 9.59 Å². The molecule has 0 aliphatic carbocycles. The van der Waals surface area contributed by atoms with Crippen LogP contribution < -0.4 is 10.9 Å². The molecule has 0 saturated carbocycles. The number of rotatable bonds is 4. The summed E-state index contributed by atoms with van der Waals surface area (Å²) in [6, 6.07) is 10.1. The van der Waals surface area contributed by atoms with Gasteiger partial charge in [-0.25, -0.2) is 0 Å². The molecule has 11 heteroatoms. The summed E-state index contributed by atoms with van der Waals surface area (Å²) in [4.78, 5) is 25.2. The van der Waals surface area contributed by atoms with Gasteiger partial charge in [0.2, 0.25) is 11.8 Å². The number of carbonyl (C=O) groups excluding carboxylic acids is 2. The molecule has 0 spiro atoms. The molecule has 0 unspecified atom stereocenters. The zero-order valence-corrected chi connectivity index (χ0v) is 20.7. The first kappa shape index (κ1) is 25.3. The van der Waals surface area contributed by atoms with E-state index in [1.165, 1.54) is 10.0 Å². The average Bonchev–Trinajstić information content (AvgIpc) is 2.70. The second-order valence-corrected chi connectivity index (χ2v) is 8.61. The highest BCUT2D eigenvalue weighted by Crippen LogP contribution is 2.22. The van der Waals surface area contributed by atoms with Crippen molar-refractivity contribution in [1.82, 2.24) is 20.9 Å². The highest BCUT2D eigenvalue weighted by atomic mass is 35.5. The maximum atomic E-state index is 12.3. The van der Waals surface area contributed by atoms with Crippen LogP contribution in [0.4, 0.5) is 0 Å². The van der Waals surface area contributed by atoms with E-state index in [2.05, 4.69) is 10.9 Å². The molecular formula is C20H19Cl3N4O2S2. The zero-order valence-electron chi connectivity index (χ0n) is 16.8. The fraction of sp³-hybridized carbons (Fsp3) is 0.200. The molecule has 0 atom stereocenters. The summed E-state index contributed by atoms with van der Waals surface area (Å²) in [6.45, 7) is 1.88. The lowest BCUT2D eigenvalue weighted by atomic mass is 10.1. The minimum atomic E-state index is -0.571. The number of nitrogens with zero attached hydrogens (tertiary/aromatic N) is 2. The van der Waals surface area contributed by atoms with E-state index in [0.29, 0.717) is 31.2 Å². The first-order valence-corrected chi connectivity index (χ1v) is 10.8. The maximum absolute atomic E-state index is 12.3. The van der Waals surface area contributed by atoms with Crippen molar-refractivity contribution in [2.45, 2.75) is 13.3 Å². The summed E-state index contributed by atoms with van der Waals surface area (Å²) in [7, 11) is 3.12. The first-order chi connectivity index (χ1) is 14.5. The molecule has 164 valence electrons. The van der Waals surface area contributed by atoms with E-state index in [-0.39, 0.29) is 4.99 Å². The van der Waals surface area contributed by atoms with Crippen molar-refractivity contribution in [2.24, 2.45) is 0 Å². The molecule has 2 aromatic rings. The average molecular weight is 518 g/mol. The molecule has 2 rings (SSSR count). The van der Waals surface area contributed by atoms with Crippen molar-refractivity contribution in [1.29, 1.82) is 0 Å². The van der Waals surface area contributed by atoms with Crippen LogP contribution in [0.5, 0.6) is 0 Å². The lowest BCUT2D eigenvalue weighted by molar-refractivity contribution is -0.132. The highest BCUT2D eigenvalue weighted by Gasteiger charge is 2.18. The molecule has 0 heterocycles. The summed E-state index contributed by atoms with van der Waals surface area (Å²) in [6.07, 6.45) is -0.447. The van der Waals surface area contributed by atoms with Crippen LogP contribution in [0.15, 0.2) is 36.4 Å². The highest BCUT2D eigenvalue weighted by molar-refractivity contribution is 7.81. The van der Waals surface area contributed by atoms with Crippen molar-refractivity contribution in [3.8, 4) is 0 Å². The van der Waals surface area contributed by atoms with Crippen LogP contribution in [-0.4, -0.2) is 45.9 Å². The molecule has 6 nitrogen and oxygen atoms in total. The number of hydrogen-bond donors (Lipinski definition) is 2. The molecule has 0 aliphatic rings. The third-order valence-corrected chi connectivity index (χ3v) is 5.89. The Morgan fingerprint density at radius 1 is 0.839 bits per heavy atom. The van der Waals surface area contributed by atoms with Gasteiger partial charge in [-0.15, -0.1) is 0 Å². The normalized spacial score (nSPS) is 10.3. The first-order valence-electron chi connectivity index (χ1n) is 8.86. The van der Waals surface area contributed by atoms with Crippen molar-refractivity contribution in [3.63, 3.8) is 0 Å². The van der Waals surface area contributed by atoms with Crippen LogP contribution in [0.3, 0.4) is 0 Å². The maximum Gasteiger partial charge on any atom is 0.248 e. The Balaban J connectivity index is 1.93. The van der Waals surface area contributed by atoms with Crippen LogP contribution in [0.2, 0.25) is 15.1 Å². The second-order valence-electron chi connectivity index (χ2n) is 6.56. The Hall–Kier alpha value is -1.97. The van der Waals surface area contributed by atoms with E-state index in [9.17, 15) is 9.59 Å². The molecular weight excluding hydrogens is 499 g/mol. The number of carbonyl (C=O) groups is 2. The largest absolute Gasteiger partial charge is 0.277 e. The SMILES string of the molecule is Cc1ccc(Cl)cc1C(=S)N(C)NC(=O)CC(=O)NN(C)C(=S)c1cc(Cl)ccc1Cl. The fourth-order valence-corrected chi connectivity index (χ4v) is 3.64. The number of hydrazine groups is 2. The molecule has 0 radical (unpaired) electrons. The van der Waals surface area contributed by atoms with E-state index in [1.807, 2.05) is 13.0 Å². The molecule has 0 fully saturated rings. The van der Waals surface area contributed by atoms with Gasteiger partial charge in [-0.2, -0.15) is 0 Å². The Morgan fingerprint density at radius 3 is 1.84 bits per heavy atom. The molecule has 31 heavy (non-hydrogen) atoms. The fourth-order valence-electron chi connectivity index (χ4n) is 2.55. The summed E-state index contributed by atoms with van der Waals surface area (Å²) in [5, 5.41) is 4.03. The summed E-state index contributed by atoms with van der Waals surface area (Å²) >= 11 is 28.9. The standard InChI is InChI=1S/C20H19Cl3N4O2S2/c1-11-4-5-12(21)8-14(11)19(30)26(2)24-17(28)10-18(29)25-27(3)20(31)15-9-13(22)6-7-16(15)23/h4-9H,10H2,1-3H3,(H,24,28)(H,25,29). The molecule has 2 aromatic carbocycles. The van der Waals surface area contributed by atoms with Gasteiger partial charge < -0.3 is 0 Å². The molecule has 0 saturated heterocycles. The van der Waals surface area contributed by atoms with Gasteiger partial charge in [-0.3, -0.25) is 30.5 Å². The van der Waals surface area contributed by atoms with Gasteiger partial charge >= 0.3 is 0 Å². The van der Waals surface area contributed by atoms with Crippen LogP contribution in [0.25, 0.3) is 0 Å². The minimum Gasteiger partial charge on any atom is -0.277 e. The van der Waals surface area contributed by atoms with Gasteiger partial charge in [-0.1, -0.05) is 65.3 Å². The van der Waals surface area contributed by atoms with Gasteiger partial charge in [0, 0.05) is 35.3 Å². The van der Waals surface area contributed by atoms with Gasteiger partial charge in [0.05, 0.1) is 5.02 Å². The van der Waals surface area contributed by atoms with E-state index in [0.717, 1.165) is 5.56 Å². The lowest BCUT2D eigenvalue weighted by Crippen LogP contribution is -2.47. The smallest absolute Gasteiger partial charge is 0.248 e. The number of nitrogens with one attached hydrogen (secondary N) is 2. The predicted molar refractivity (Wildman–Crippen MR) is 132 cm³/mol. The van der Waals surface area contributed by atoms with Gasteiger partial charge in [0.1, 0.15) is 16.4 Å². The zero-order chi connectivity index (χ0) is 23.3. The third-order valence-electron chi connectivity index (χ3n) is 4.10. The lowest BCUT2D eigenvalue weighted by Gasteiger charge is -2.24. The monoisotopic (exact) mass is 516 g/mol. The second kappa shape index (κ2) is 11.1. The van der Waals surface area contributed by atoms with Crippen LogP contribution in [0.1, 0.15) is 23.1 Å². The quantitative estimate of drug-likeness (QED) is 0.358. The van der Waals surface area contributed by atoms with E-state index < -0.39 is 18.2 Å². The Morgan fingerprint density at radius 2 is 1.29 bits per heavy atom. The number of amides is 2. The van der Waals surface area contributed by atoms with Crippen LogP contribution in [-0.2, 0) is 9.59 Å². The number of hydrogen-bond acceptors (Lipinski definition) is 4. The Kier molecular flexibility index (Phi) is 9.02. The number of benzene rings is 2. The van der Waals surface area contributed by atoms with E-state index in [1.54, 1.807) is 44.4 Å². The molecule has 0 aliphatic heterocycles. The predicted octanol–water partition coefficient (Wildman–Crippen LogP) is 4.32. The Bertz CT molecular complexity index is 968. The van der Waals surface area contributed by atoms with Crippen LogP contribution in [0, 0.1) is 6.92 Å². The third kappa shape index (κ3) is 7.02. The summed E-state index contributed by atoms with van der Waals surface area (Å²) < 4.78 is 0. The van der Waals surface area contributed by atoms with Gasteiger partial charge in [0.25, 0.3) is 0 Å². The minimum absolute atomic E-state index is 0.246. The van der Waals surface area contributed by atoms with Crippen LogP contribution >= 0.6 is 59.2 Å². The summed E-state index contributed by atoms with van der Waals surface area (Å²) in [5.41, 5.74) is 7.19. The Labute approximate surface area is 206 Å². The van der Waals surface area contributed by atoms with Crippen molar-refractivity contribution >= 4 is 81.0 Å². The van der Waals surface area contributed by atoms with Crippen molar-refractivity contribution in [2.75, 3.05) is 14.1 Å². The number of halogens is 3. The molecule has 2 N–H and O–H groups in total. The van der Waals surface area contributed by atoms with Crippen molar-refractivity contribution in [3.05, 3.63) is 68.2 Å². The van der Waals surface area contributed by atoms with Gasteiger partial charge in [-0.05, 0) is 42.8 Å².